The van der Waals surface area contributed by atoms with Crippen LogP contribution in [-0.4, -0.2) is 22.3 Å². The maximum atomic E-state index is 10.3. The normalized spacial score (nSPS) is 12.6. The average Bonchev–Trinajstić information content (AvgIpc) is 2.28. The fourth-order valence-electron chi connectivity index (χ4n) is 1.96. The highest BCUT2D eigenvalue weighted by Crippen LogP contribution is 2.12. The second kappa shape index (κ2) is 11.9. The molecule has 0 aliphatic heterocycles. The van der Waals surface area contributed by atoms with Gasteiger partial charge in [0.2, 0.25) is 0 Å². The number of aliphatic carboxylic acids is 1. The molecule has 0 rings (SSSR count). The third kappa shape index (κ3) is 13.4. The van der Waals surface area contributed by atoms with Gasteiger partial charge in [-0.15, -0.1) is 0 Å². The van der Waals surface area contributed by atoms with Crippen molar-refractivity contribution < 1.29 is 15.0 Å². The van der Waals surface area contributed by atoms with Gasteiger partial charge in [0.05, 0.1) is 6.10 Å². The summed E-state index contributed by atoms with van der Waals surface area (Å²) in [4.78, 5) is 10.3. The Labute approximate surface area is 105 Å². The fraction of sp³-hybridized carbons (Fsp3) is 0.929. The quantitative estimate of drug-likeness (QED) is 0.514. The maximum absolute atomic E-state index is 10.3. The molecule has 0 heterocycles. The Morgan fingerprint density at radius 2 is 1.47 bits per heavy atom. The van der Waals surface area contributed by atoms with Gasteiger partial charge in [0.1, 0.15) is 0 Å². The van der Waals surface area contributed by atoms with E-state index in [4.69, 9.17) is 5.11 Å². The lowest BCUT2D eigenvalue weighted by molar-refractivity contribution is -0.137. The summed E-state index contributed by atoms with van der Waals surface area (Å²) >= 11 is 0. The van der Waals surface area contributed by atoms with Crippen LogP contribution in [-0.2, 0) is 4.79 Å². The molecule has 0 aliphatic carbocycles. The predicted molar refractivity (Wildman–Crippen MR) is 70.1 cm³/mol. The topological polar surface area (TPSA) is 57.5 Å². The Balaban J connectivity index is 3.17. The van der Waals surface area contributed by atoms with E-state index >= 15 is 0 Å². The van der Waals surface area contributed by atoms with Gasteiger partial charge in [-0.2, -0.15) is 0 Å². The molecule has 0 bridgehead atoms. The molecule has 0 unspecified atom stereocenters. The van der Waals surface area contributed by atoms with Crippen LogP contribution >= 0.6 is 0 Å². The summed E-state index contributed by atoms with van der Waals surface area (Å²) in [5.74, 6) is -0.721. The second-order valence-corrected chi connectivity index (χ2v) is 4.85. The number of carbonyl (C=O) groups is 1. The Morgan fingerprint density at radius 1 is 0.941 bits per heavy atom. The lowest BCUT2D eigenvalue weighted by Gasteiger charge is -2.09. The molecule has 0 spiro atoms. The van der Waals surface area contributed by atoms with Gasteiger partial charge in [0.25, 0.3) is 0 Å². The van der Waals surface area contributed by atoms with E-state index in [9.17, 15) is 9.90 Å². The summed E-state index contributed by atoms with van der Waals surface area (Å²) in [7, 11) is 0. The van der Waals surface area contributed by atoms with E-state index in [0.717, 1.165) is 38.5 Å². The van der Waals surface area contributed by atoms with Gasteiger partial charge in [0, 0.05) is 6.42 Å². The van der Waals surface area contributed by atoms with Crippen molar-refractivity contribution in [2.24, 2.45) is 0 Å². The van der Waals surface area contributed by atoms with Crippen molar-refractivity contribution in [3.63, 3.8) is 0 Å². The van der Waals surface area contributed by atoms with E-state index in [1.807, 2.05) is 0 Å². The Morgan fingerprint density at radius 3 is 2.00 bits per heavy atom. The van der Waals surface area contributed by atoms with Gasteiger partial charge in [-0.3, -0.25) is 4.79 Å². The van der Waals surface area contributed by atoms with E-state index in [2.05, 4.69) is 6.92 Å². The van der Waals surface area contributed by atoms with Crippen molar-refractivity contribution in [2.45, 2.75) is 83.7 Å². The van der Waals surface area contributed by atoms with Crippen molar-refractivity contribution in [3.8, 4) is 0 Å². The number of unbranched alkanes of at least 4 members (excludes halogenated alkanes) is 6. The van der Waals surface area contributed by atoms with Crippen LogP contribution in [0.25, 0.3) is 0 Å². The highest BCUT2D eigenvalue weighted by atomic mass is 16.4. The number of aliphatic hydroxyl groups is 1. The highest BCUT2D eigenvalue weighted by molar-refractivity contribution is 5.66. The zero-order chi connectivity index (χ0) is 12.9. The van der Waals surface area contributed by atoms with Crippen molar-refractivity contribution in [1.29, 1.82) is 0 Å². The van der Waals surface area contributed by atoms with Gasteiger partial charge in [-0.25, -0.2) is 0 Å². The Kier molecular flexibility index (Phi) is 11.5. The zero-order valence-corrected chi connectivity index (χ0v) is 11.2. The SMILES string of the molecule is CCCCCCC[C@H](O)CCCCCC(=O)O. The largest absolute Gasteiger partial charge is 0.481 e. The van der Waals surface area contributed by atoms with Crippen LogP contribution in [0.4, 0.5) is 0 Å². The number of carboxylic acid groups (broad SMARTS) is 1. The Bertz CT molecular complexity index is 180. The molecule has 0 saturated carbocycles. The smallest absolute Gasteiger partial charge is 0.303 e. The number of hydrogen-bond acceptors (Lipinski definition) is 2. The van der Waals surface area contributed by atoms with Crippen LogP contribution in [0.2, 0.25) is 0 Å². The Hall–Kier alpha value is -0.570. The first-order chi connectivity index (χ1) is 8.16. The zero-order valence-electron chi connectivity index (χ0n) is 11.2. The van der Waals surface area contributed by atoms with Crippen LogP contribution in [0, 0.1) is 0 Å². The minimum Gasteiger partial charge on any atom is -0.481 e. The third-order valence-corrected chi connectivity index (χ3v) is 3.07. The molecule has 3 nitrogen and oxygen atoms in total. The van der Waals surface area contributed by atoms with Crippen molar-refractivity contribution in [3.05, 3.63) is 0 Å². The first kappa shape index (κ1) is 16.4. The lowest BCUT2D eigenvalue weighted by Crippen LogP contribution is -2.06. The summed E-state index contributed by atoms with van der Waals surface area (Å²) in [6.07, 6.45) is 10.6. The molecule has 0 saturated heterocycles. The molecule has 0 aromatic heterocycles. The predicted octanol–water partition coefficient (Wildman–Crippen LogP) is 3.74. The van der Waals surface area contributed by atoms with Gasteiger partial charge in [0.15, 0.2) is 0 Å². The van der Waals surface area contributed by atoms with Gasteiger partial charge in [-0.1, -0.05) is 51.9 Å². The summed E-state index contributed by atoms with van der Waals surface area (Å²) in [6, 6.07) is 0. The molecule has 0 aromatic rings. The van der Waals surface area contributed by atoms with Gasteiger partial charge >= 0.3 is 5.97 Å². The van der Waals surface area contributed by atoms with E-state index < -0.39 is 5.97 Å². The number of hydrogen-bond donors (Lipinski definition) is 2. The standard InChI is InChI=1S/C14H28O3/c1-2-3-4-5-7-10-13(15)11-8-6-9-12-14(16)17/h13,15H,2-12H2,1H3,(H,16,17)/t13-/m0/s1. The van der Waals surface area contributed by atoms with Crippen LogP contribution in [0.5, 0.6) is 0 Å². The number of aliphatic hydroxyl groups excluding tert-OH is 1. The van der Waals surface area contributed by atoms with Crippen LogP contribution in [0.1, 0.15) is 77.6 Å². The molecule has 102 valence electrons. The molecule has 0 fully saturated rings. The monoisotopic (exact) mass is 244 g/mol. The van der Waals surface area contributed by atoms with E-state index in [1.54, 1.807) is 0 Å². The van der Waals surface area contributed by atoms with E-state index in [-0.39, 0.29) is 12.5 Å². The van der Waals surface area contributed by atoms with Crippen molar-refractivity contribution >= 4 is 5.97 Å². The van der Waals surface area contributed by atoms with E-state index in [1.165, 1.54) is 25.7 Å². The minimum absolute atomic E-state index is 0.179. The summed E-state index contributed by atoms with van der Waals surface area (Å²) in [6.45, 7) is 2.20. The molecule has 0 aromatic carbocycles. The molecule has 0 amide bonds. The maximum Gasteiger partial charge on any atom is 0.303 e. The van der Waals surface area contributed by atoms with Gasteiger partial charge < -0.3 is 10.2 Å². The molecule has 0 radical (unpaired) electrons. The molecule has 0 aliphatic rings. The second-order valence-electron chi connectivity index (χ2n) is 4.85. The first-order valence-electron chi connectivity index (χ1n) is 7.06. The summed E-state index contributed by atoms with van der Waals surface area (Å²) in [5, 5.41) is 18.2. The minimum atomic E-state index is -0.721. The average molecular weight is 244 g/mol. The molecule has 3 heteroatoms. The van der Waals surface area contributed by atoms with Crippen LogP contribution in [0.15, 0.2) is 0 Å². The molecule has 17 heavy (non-hydrogen) atoms. The molecular formula is C14H28O3. The third-order valence-electron chi connectivity index (χ3n) is 3.07. The summed E-state index contributed by atoms with van der Waals surface area (Å²) < 4.78 is 0. The fourth-order valence-corrected chi connectivity index (χ4v) is 1.96. The van der Waals surface area contributed by atoms with Crippen molar-refractivity contribution in [2.75, 3.05) is 0 Å². The lowest BCUT2D eigenvalue weighted by atomic mass is 10.0. The summed E-state index contributed by atoms with van der Waals surface area (Å²) in [5.41, 5.74) is 0. The van der Waals surface area contributed by atoms with Crippen molar-refractivity contribution in [1.82, 2.24) is 0 Å². The number of rotatable bonds is 12. The van der Waals surface area contributed by atoms with Crippen LogP contribution in [0.3, 0.4) is 0 Å². The first-order valence-corrected chi connectivity index (χ1v) is 7.06. The van der Waals surface area contributed by atoms with Gasteiger partial charge in [-0.05, 0) is 19.3 Å². The highest BCUT2D eigenvalue weighted by Gasteiger charge is 2.04. The molecule has 2 N–H and O–H groups in total. The molecular weight excluding hydrogens is 216 g/mol. The molecule has 1 atom stereocenters. The van der Waals surface area contributed by atoms with Crippen LogP contribution < -0.4 is 0 Å². The number of carboxylic acids is 1. The van der Waals surface area contributed by atoms with E-state index in [0.29, 0.717) is 0 Å².